The monoisotopic (exact) mass is 187 g/mol. The quantitative estimate of drug-likeness (QED) is 0.559. The summed E-state index contributed by atoms with van der Waals surface area (Å²) in [5, 5.41) is 0. The molecular formula is C6H6BrNO. The summed E-state index contributed by atoms with van der Waals surface area (Å²) < 4.78 is 2.62. The summed E-state index contributed by atoms with van der Waals surface area (Å²) in [5.74, 6) is 0. The molecule has 0 unspecified atom stereocenters. The number of rotatable bonds is 0. The van der Waals surface area contributed by atoms with Gasteiger partial charge in [-0.1, -0.05) is 0 Å². The highest BCUT2D eigenvalue weighted by Crippen LogP contribution is 2.02. The van der Waals surface area contributed by atoms with E-state index in [9.17, 15) is 4.79 Å². The van der Waals surface area contributed by atoms with Gasteiger partial charge in [0.15, 0.2) is 5.43 Å². The minimum absolute atomic E-state index is 0.0278. The number of hydrogen-bond donors (Lipinski definition) is 0. The molecule has 0 bridgehead atoms. The van der Waals surface area contributed by atoms with Gasteiger partial charge in [-0.2, -0.15) is 0 Å². The van der Waals surface area contributed by atoms with Crippen LogP contribution in [0.5, 0.6) is 0 Å². The number of aryl methyl sites for hydroxylation is 1. The van der Waals surface area contributed by atoms with Crippen LogP contribution >= 0.6 is 15.9 Å². The molecule has 1 heterocycles. The van der Waals surface area contributed by atoms with E-state index in [0.29, 0.717) is 0 Å². The minimum atomic E-state index is 0.0278. The lowest BCUT2D eigenvalue weighted by Gasteiger charge is -1.97. The number of pyridine rings is 1. The molecule has 0 radical (unpaired) electrons. The molecule has 0 aliphatic carbocycles. The second-order valence-corrected chi connectivity index (χ2v) is 2.61. The Balaban J connectivity index is 3.34. The topological polar surface area (TPSA) is 22.0 Å². The summed E-state index contributed by atoms with van der Waals surface area (Å²) in [6.07, 6.45) is 1.71. The third kappa shape index (κ3) is 1.42. The standard InChI is InChI=1S/C6H6BrNO/c1-8-3-2-5(9)4-6(8)7/h2-4H,1H3. The van der Waals surface area contributed by atoms with Crippen molar-refractivity contribution in [2.45, 2.75) is 0 Å². The number of aromatic nitrogens is 1. The van der Waals surface area contributed by atoms with E-state index < -0.39 is 0 Å². The Labute approximate surface area is 61.3 Å². The number of halogens is 1. The third-order valence-electron chi connectivity index (χ3n) is 1.06. The summed E-state index contributed by atoms with van der Waals surface area (Å²) in [6.45, 7) is 0. The summed E-state index contributed by atoms with van der Waals surface area (Å²) in [4.78, 5) is 10.6. The second-order valence-electron chi connectivity index (χ2n) is 1.80. The van der Waals surface area contributed by atoms with Crippen molar-refractivity contribution in [3.8, 4) is 0 Å². The van der Waals surface area contributed by atoms with Crippen LogP contribution in [0.25, 0.3) is 0 Å². The molecule has 9 heavy (non-hydrogen) atoms. The SMILES string of the molecule is Cn1ccc(=O)cc1Br. The predicted molar refractivity (Wildman–Crippen MR) is 39.4 cm³/mol. The van der Waals surface area contributed by atoms with Crippen LogP contribution in [0.2, 0.25) is 0 Å². The van der Waals surface area contributed by atoms with Crippen molar-refractivity contribution in [1.29, 1.82) is 0 Å². The van der Waals surface area contributed by atoms with Crippen LogP contribution in [-0.2, 0) is 7.05 Å². The van der Waals surface area contributed by atoms with Gasteiger partial charge in [0.25, 0.3) is 0 Å². The zero-order valence-corrected chi connectivity index (χ0v) is 6.55. The fraction of sp³-hybridized carbons (Fsp3) is 0.167. The predicted octanol–water partition coefficient (Wildman–Crippen LogP) is 1.15. The van der Waals surface area contributed by atoms with Crippen LogP contribution < -0.4 is 5.43 Å². The molecule has 0 N–H and O–H groups in total. The van der Waals surface area contributed by atoms with E-state index in [1.807, 2.05) is 11.6 Å². The van der Waals surface area contributed by atoms with E-state index in [4.69, 9.17) is 0 Å². The molecule has 1 aromatic heterocycles. The first-order valence-electron chi connectivity index (χ1n) is 2.52. The van der Waals surface area contributed by atoms with Crippen molar-refractivity contribution < 1.29 is 0 Å². The highest BCUT2D eigenvalue weighted by Gasteiger charge is 1.88. The molecular weight excluding hydrogens is 182 g/mol. The van der Waals surface area contributed by atoms with E-state index in [1.165, 1.54) is 12.1 Å². The lowest BCUT2D eigenvalue weighted by atomic mass is 10.5. The van der Waals surface area contributed by atoms with Gasteiger partial charge < -0.3 is 4.57 Å². The van der Waals surface area contributed by atoms with Gasteiger partial charge >= 0.3 is 0 Å². The van der Waals surface area contributed by atoms with Gasteiger partial charge in [0.1, 0.15) is 0 Å². The molecule has 0 aliphatic rings. The van der Waals surface area contributed by atoms with Gasteiger partial charge in [-0.3, -0.25) is 4.79 Å². The van der Waals surface area contributed by atoms with E-state index in [0.717, 1.165) is 4.60 Å². The molecule has 3 heteroatoms. The van der Waals surface area contributed by atoms with E-state index in [-0.39, 0.29) is 5.43 Å². The average Bonchev–Trinajstić information content (AvgIpc) is 1.80. The molecule has 0 aromatic carbocycles. The molecule has 48 valence electrons. The molecule has 0 spiro atoms. The van der Waals surface area contributed by atoms with Crippen molar-refractivity contribution in [3.63, 3.8) is 0 Å². The second kappa shape index (κ2) is 2.35. The normalized spacial score (nSPS) is 9.56. The van der Waals surface area contributed by atoms with Crippen molar-refractivity contribution in [1.82, 2.24) is 4.57 Å². The largest absolute Gasteiger partial charge is 0.345 e. The Bertz CT molecular complexity index is 266. The minimum Gasteiger partial charge on any atom is -0.345 e. The van der Waals surface area contributed by atoms with Gasteiger partial charge in [0, 0.05) is 25.4 Å². The van der Waals surface area contributed by atoms with Crippen LogP contribution in [0.15, 0.2) is 27.7 Å². The summed E-state index contributed by atoms with van der Waals surface area (Å²) in [7, 11) is 1.86. The Morgan fingerprint density at radius 1 is 1.67 bits per heavy atom. The molecule has 1 rings (SSSR count). The fourth-order valence-electron chi connectivity index (χ4n) is 0.524. The molecule has 0 saturated carbocycles. The van der Waals surface area contributed by atoms with Crippen LogP contribution in [0.3, 0.4) is 0 Å². The maximum absolute atomic E-state index is 10.6. The zero-order chi connectivity index (χ0) is 6.85. The van der Waals surface area contributed by atoms with Crippen molar-refractivity contribution >= 4 is 15.9 Å². The van der Waals surface area contributed by atoms with Crippen molar-refractivity contribution in [2.24, 2.45) is 7.05 Å². The third-order valence-corrected chi connectivity index (χ3v) is 1.85. The molecule has 1 aromatic rings. The van der Waals surface area contributed by atoms with Crippen molar-refractivity contribution in [2.75, 3.05) is 0 Å². The van der Waals surface area contributed by atoms with Gasteiger partial charge in [0.2, 0.25) is 0 Å². The Morgan fingerprint density at radius 2 is 2.33 bits per heavy atom. The molecule has 0 aliphatic heterocycles. The lowest BCUT2D eigenvalue weighted by Crippen LogP contribution is -2.01. The van der Waals surface area contributed by atoms with Crippen LogP contribution in [0, 0.1) is 0 Å². The van der Waals surface area contributed by atoms with Crippen LogP contribution in [-0.4, -0.2) is 4.57 Å². The smallest absolute Gasteiger partial charge is 0.182 e. The molecule has 0 atom stereocenters. The van der Waals surface area contributed by atoms with E-state index in [1.54, 1.807) is 6.20 Å². The van der Waals surface area contributed by atoms with Crippen LogP contribution in [0.4, 0.5) is 0 Å². The zero-order valence-electron chi connectivity index (χ0n) is 4.97. The molecule has 0 amide bonds. The first-order chi connectivity index (χ1) is 4.20. The summed E-state index contributed by atoms with van der Waals surface area (Å²) in [5.41, 5.74) is 0.0278. The highest BCUT2D eigenvalue weighted by atomic mass is 79.9. The Kier molecular flexibility index (Phi) is 1.71. The van der Waals surface area contributed by atoms with E-state index >= 15 is 0 Å². The first kappa shape index (κ1) is 6.55. The summed E-state index contributed by atoms with van der Waals surface area (Å²) in [6, 6.07) is 3.05. The van der Waals surface area contributed by atoms with Crippen LogP contribution in [0.1, 0.15) is 0 Å². The molecule has 0 saturated heterocycles. The fourth-order valence-corrected chi connectivity index (χ4v) is 0.868. The first-order valence-corrected chi connectivity index (χ1v) is 3.31. The highest BCUT2D eigenvalue weighted by molar-refractivity contribution is 9.10. The van der Waals surface area contributed by atoms with Gasteiger partial charge in [0.05, 0.1) is 4.60 Å². The summed E-state index contributed by atoms with van der Waals surface area (Å²) >= 11 is 3.21. The van der Waals surface area contributed by atoms with Gasteiger partial charge in [-0.15, -0.1) is 0 Å². The Morgan fingerprint density at radius 3 is 2.78 bits per heavy atom. The van der Waals surface area contributed by atoms with Crippen molar-refractivity contribution in [3.05, 3.63) is 33.2 Å². The van der Waals surface area contributed by atoms with Gasteiger partial charge in [-0.05, 0) is 15.9 Å². The average molecular weight is 188 g/mol. The number of hydrogen-bond acceptors (Lipinski definition) is 1. The maximum Gasteiger partial charge on any atom is 0.182 e. The van der Waals surface area contributed by atoms with Gasteiger partial charge in [-0.25, -0.2) is 0 Å². The lowest BCUT2D eigenvalue weighted by molar-refractivity contribution is 0.872. The Hall–Kier alpha value is -0.570. The van der Waals surface area contributed by atoms with E-state index in [2.05, 4.69) is 15.9 Å². The maximum atomic E-state index is 10.6. The molecule has 2 nitrogen and oxygen atoms in total. The molecule has 0 fully saturated rings. The number of nitrogens with zero attached hydrogens (tertiary/aromatic N) is 1.